The van der Waals surface area contributed by atoms with Crippen LogP contribution in [-0.2, 0) is 47.4 Å². The summed E-state index contributed by atoms with van der Waals surface area (Å²) < 4.78 is 48.9. The Hall–Kier alpha value is -1.33. The standard InChI is InChI=1S/C27H46O22/c1-7(31)43-23-19(39)24(40)44-10(5-30)22(23)49-26-18(38)15(35)21(9(4-29)46-26)48-27-17(37)14(34)20(41-2)11(47-27)6-42-25-16(36)13(33)12(32)8(3-28)45-25/h8-30,32-40H,3-6H2,1-2H3/t8?,9?,10?,11?,12-,13+,14-,15-,16?,17?,18?,19?,20+,21+,22+,23-,24-,25-,26+,27+/m0/s1. The van der Waals surface area contributed by atoms with Gasteiger partial charge in [0.05, 0.1) is 26.4 Å². The van der Waals surface area contributed by atoms with Gasteiger partial charge in [0.25, 0.3) is 0 Å². The molecule has 8 unspecified atom stereocenters. The van der Waals surface area contributed by atoms with Gasteiger partial charge in [-0.3, -0.25) is 4.79 Å². The molecule has 0 radical (unpaired) electrons. The number of hydrogen-bond acceptors (Lipinski definition) is 22. The summed E-state index contributed by atoms with van der Waals surface area (Å²) in [5.41, 5.74) is 0. The highest BCUT2D eigenvalue weighted by Gasteiger charge is 2.55. The highest BCUT2D eigenvalue weighted by Crippen LogP contribution is 2.34. The van der Waals surface area contributed by atoms with Crippen LogP contribution in [0.15, 0.2) is 0 Å². The van der Waals surface area contributed by atoms with Crippen LogP contribution in [-0.4, -0.2) is 224 Å². The second kappa shape index (κ2) is 17.5. The number of carbonyl (C=O) groups excluding carboxylic acids is 1. The molecule has 20 atom stereocenters. The third-order valence-corrected chi connectivity index (χ3v) is 8.70. The molecular weight excluding hydrogens is 676 g/mol. The molecule has 4 aliphatic rings. The van der Waals surface area contributed by atoms with Crippen molar-refractivity contribution in [2.45, 2.75) is 130 Å². The summed E-state index contributed by atoms with van der Waals surface area (Å²) in [6, 6.07) is 0. The van der Waals surface area contributed by atoms with E-state index in [0.29, 0.717) is 0 Å². The highest BCUT2D eigenvalue weighted by atomic mass is 16.8. The topological polar surface area (TPSA) is 343 Å². The van der Waals surface area contributed by atoms with E-state index in [1.54, 1.807) is 0 Å². The largest absolute Gasteiger partial charge is 0.457 e. The predicted molar refractivity (Wildman–Crippen MR) is 148 cm³/mol. The average molecular weight is 723 g/mol. The van der Waals surface area contributed by atoms with Crippen LogP contribution in [0.4, 0.5) is 0 Å². The molecular formula is C27H46O22. The lowest BCUT2D eigenvalue weighted by atomic mass is 9.96. The van der Waals surface area contributed by atoms with Crippen LogP contribution in [0.1, 0.15) is 6.92 Å². The van der Waals surface area contributed by atoms with Gasteiger partial charge in [0, 0.05) is 14.0 Å². The summed E-state index contributed by atoms with van der Waals surface area (Å²) >= 11 is 0. The molecule has 0 bridgehead atoms. The minimum atomic E-state index is -2.02. The molecule has 0 saturated carbocycles. The van der Waals surface area contributed by atoms with Crippen molar-refractivity contribution in [2.75, 3.05) is 33.5 Å². The van der Waals surface area contributed by atoms with Gasteiger partial charge in [-0.15, -0.1) is 0 Å². The van der Waals surface area contributed by atoms with Crippen molar-refractivity contribution in [1.82, 2.24) is 0 Å². The molecule has 4 heterocycles. The molecule has 0 aromatic rings. The molecule has 12 N–H and O–H groups in total. The predicted octanol–water partition coefficient (Wildman–Crippen LogP) is -8.52. The van der Waals surface area contributed by atoms with Crippen LogP contribution in [0, 0.1) is 0 Å². The van der Waals surface area contributed by atoms with E-state index in [9.17, 15) is 66.1 Å². The summed E-state index contributed by atoms with van der Waals surface area (Å²) in [6.07, 6.45) is -33.6. The number of aliphatic hydroxyl groups is 12. The molecule has 4 fully saturated rings. The Labute approximate surface area is 278 Å². The van der Waals surface area contributed by atoms with Crippen molar-refractivity contribution in [3.63, 3.8) is 0 Å². The number of esters is 1. The molecule has 49 heavy (non-hydrogen) atoms. The maximum absolute atomic E-state index is 11.7. The molecule has 4 saturated heterocycles. The highest BCUT2D eigenvalue weighted by molar-refractivity contribution is 5.66. The second-order valence-electron chi connectivity index (χ2n) is 12.0. The third-order valence-electron chi connectivity index (χ3n) is 8.70. The van der Waals surface area contributed by atoms with E-state index in [2.05, 4.69) is 0 Å². The maximum Gasteiger partial charge on any atom is 0.303 e. The first-order valence-corrected chi connectivity index (χ1v) is 15.4. The van der Waals surface area contributed by atoms with Gasteiger partial charge in [0.15, 0.2) is 31.3 Å². The minimum Gasteiger partial charge on any atom is -0.457 e. The van der Waals surface area contributed by atoms with Gasteiger partial charge >= 0.3 is 5.97 Å². The summed E-state index contributed by atoms with van der Waals surface area (Å²) in [5.74, 6) is -0.906. The van der Waals surface area contributed by atoms with Crippen LogP contribution < -0.4 is 0 Å². The van der Waals surface area contributed by atoms with E-state index in [0.717, 1.165) is 6.92 Å². The zero-order valence-electron chi connectivity index (χ0n) is 26.3. The number of carbonyl (C=O) groups is 1. The first-order chi connectivity index (χ1) is 23.2. The fraction of sp³-hybridized carbons (Fsp3) is 0.963. The lowest BCUT2D eigenvalue weighted by Gasteiger charge is -2.48. The Morgan fingerprint density at radius 3 is 1.57 bits per heavy atom. The van der Waals surface area contributed by atoms with Gasteiger partial charge in [-0.25, -0.2) is 0 Å². The van der Waals surface area contributed by atoms with E-state index in [1.807, 2.05) is 0 Å². The first-order valence-electron chi connectivity index (χ1n) is 15.4. The number of rotatable bonds is 12. The Balaban J connectivity index is 1.46. The summed E-state index contributed by atoms with van der Waals surface area (Å²) in [5, 5.41) is 124. The van der Waals surface area contributed by atoms with Crippen molar-refractivity contribution in [3.05, 3.63) is 0 Å². The van der Waals surface area contributed by atoms with Crippen LogP contribution in [0.3, 0.4) is 0 Å². The first kappa shape index (κ1) is 40.4. The van der Waals surface area contributed by atoms with Gasteiger partial charge in [-0.05, 0) is 0 Å². The van der Waals surface area contributed by atoms with E-state index in [4.69, 9.17) is 42.6 Å². The zero-order valence-corrected chi connectivity index (χ0v) is 26.3. The van der Waals surface area contributed by atoms with Crippen molar-refractivity contribution < 1.29 is 109 Å². The third kappa shape index (κ3) is 8.66. The lowest BCUT2D eigenvalue weighted by molar-refractivity contribution is -0.380. The average Bonchev–Trinajstić information content (AvgIpc) is 3.07. The SMILES string of the molecule is CO[C@@H]1C(CO[C@H]2OC(CO)[C@H](O)[C@@H](O)C2O)O[C@H](O[C@@H]2C(CO)O[C@H](O[C@@H]3C(CO)O[C@H](O)C(O)[C@@H]3OC(C)=O)C(O)[C@@H]2O)C(O)[C@@H]1O. The smallest absolute Gasteiger partial charge is 0.303 e. The van der Waals surface area contributed by atoms with E-state index >= 15 is 0 Å². The van der Waals surface area contributed by atoms with Crippen LogP contribution in [0.25, 0.3) is 0 Å². The molecule has 0 amide bonds. The monoisotopic (exact) mass is 722 g/mol. The molecule has 0 aliphatic carbocycles. The summed E-state index contributed by atoms with van der Waals surface area (Å²) in [7, 11) is 1.17. The van der Waals surface area contributed by atoms with Crippen molar-refractivity contribution in [2.24, 2.45) is 0 Å². The Morgan fingerprint density at radius 1 is 0.531 bits per heavy atom. The van der Waals surface area contributed by atoms with Gasteiger partial charge in [-0.2, -0.15) is 0 Å². The van der Waals surface area contributed by atoms with E-state index in [-0.39, 0.29) is 0 Å². The maximum atomic E-state index is 11.7. The molecule has 22 nitrogen and oxygen atoms in total. The van der Waals surface area contributed by atoms with Gasteiger partial charge in [0.1, 0.15) is 91.6 Å². The van der Waals surface area contributed by atoms with Crippen molar-refractivity contribution in [1.29, 1.82) is 0 Å². The number of ether oxygens (including phenoxy) is 9. The fourth-order valence-corrected chi connectivity index (χ4v) is 6.03. The Bertz CT molecular complexity index is 1040. The lowest BCUT2D eigenvalue weighted by Crippen LogP contribution is -2.67. The summed E-state index contributed by atoms with van der Waals surface area (Å²) in [4.78, 5) is 11.7. The quantitative estimate of drug-likeness (QED) is 0.0832. The molecule has 4 aliphatic heterocycles. The summed E-state index contributed by atoms with van der Waals surface area (Å²) in [6.45, 7) is -2.01. The Morgan fingerprint density at radius 2 is 1.02 bits per heavy atom. The van der Waals surface area contributed by atoms with Crippen LogP contribution in [0.2, 0.25) is 0 Å². The van der Waals surface area contributed by atoms with Crippen molar-refractivity contribution >= 4 is 5.97 Å². The van der Waals surface area contributed by atoms with Gasteiger partial charge in [0.2, 0.25) is 0 Å². The molecule has 0 aromatic heterocycles. The molecule has 22 heteroatoms. The number of aliphatic hydroxyl groups excluding tert-OH is 12. The van der Waals surface area contributed by atoms with Crippen LogP contribution >= 0.6 is 0 Å². The van der Waals surface area contributed by atoms with E-state index < -0.39 is 155 Å². The Kier molecular flexibility index (Phi) is 14.4. The number of methoxy groups -OCH3 is 1. The zero-order chi connectivity index (χ0) is 36.3. The van der Waals surface area contributed by atoms with Crippen molar-refractivity contribution in [3.8, 4) is 0 Å². The molecule has 0 spiro atoms. The minimum absolute atomic E-state index is 0.559. The molecule has 4 rings (SSSR count). The normalized spacial score (nSPS) is 49.4. The van der Waals surface area contributed by atoms with Gasteiger partial charge in [-0.1, -0.05) is 0 Å². The van der Waals surface area contributed by atoms with E-state index in [1.165, 1.54) is 7.11 Å². The molecule has 0 aromatic carbocycles. The molecule has 286 valence electrons. The number of hydrogen-bond donors (Lipinski definition) is 12. The fourth-order valence-electron chi connectivity index (χ4n) is 6.03. The second-order valence-corrected chi connectivity index (χ2v) is 12.0. The van der Waals surface area contributed by atoms with Crippen LogP contribution in [0.5, 0.6) is 0 Å². The van der Waals surface area contributed by atoms with Gasteiger partial charge < -0.3 is 104 Å².